The van der Waals surface area contributed by atoms with Gasteiger partial charge in [0, 0.05) is 6.42 Å². The minimum Gasteiger partial charge on any atom is -0.207 e. The summed E-state index contributed by atoms with van der Waals surface area (Å²) in [6, 6.07) is 4.06. The van der Waals surface area contributed by atoms with Crippen molar-refractivity contribution in [1.82, 2.24) is 0 Å². The van der Waals surface area contributed by atoms with Crippen LogP contribution < -0.4 is 0 Å². The Hall–Kier alpha value is -0.950. The molecule has 13 heavy (non-hydrogen) atoms. The van der Waals surface area contributed by atoms with Crippen LogP contribution in [0.2, 0.25) is 0 Å². The molecule has 0 aliphatic heterocycles. The number of aryl methyl sites for hydroxylation is 1. The fraction of sp³-hybridized carbons (Fsp3) is 0.222. The SMILES string of the molecule is N#CCCc1cc(F)c(Br)cc1F. The van der Waals surface area contributed by atoms with Gasteiger partial charge in [-0.3, -0.25) is 0 Å². The highest BCUT2D eigenvalue weighted by Crippen LogP contribution is 2.20. The highest BCUT2D eigenvalue weighted by molar-refractivity contribution is 9.10. The molecule has 0 atom stereocenters. The maximum atomic E-state index is 13.0. The highest BCUT2D eigenvalue weighted by Gasteiger charge is 2.07. The molecule has 4 heteroatoms. The number of nitrogens with zero attached hydrogens (tertiary/aromatic N) is 1. The van der Waals surface area contributed by atoms with Crippen LogP contribution in [0.15, 0.2) is 16.6 Å². The van der Waals surface area contributed by atoms with Crippen molar-refractivity contribution in [1.29, 1.82) is 5.26 Å². The van der Waals surface area contributed by atoms with E-state index in [4.69, 9.17) is 5.26 Å². The highest BCUT2D eigenvalue weighted by atomic mass is 79.9. The van der Waals surface area contributed by atoms with E-state index in [9.17, 15) is 8.78 Å². The van der Waals surface area contributed by atoms with E-state index in [2.05, 4.69) is 15.9 Å². The molecule has 0 aromatic heterocycles. The Balaban J connectivity index is 2.96. The van der Waals surface area contributed by atoms with E-state index in [1.807, 2.05) is 6.07 Å². The maximum Gasteiger partial charge on any atom is 0.137 e. The second-order valence-electron chi connectivity index (χ2n) is 2.52. The molecule has 0 heterocycles. The van der Waals surface area contributed by atoms with Gasteiger partial charge in [0.05, 0.1) is 10.5 Å². The van der Waals surface area contributed by atoms with Crippen molar-refractivity contribution in [2.75, 3.05) is 0 Å². The van der Waals surface area contributed by atoms with Crippen LogP contribution in [0.4, 0.5) is 8.78 Å². The van der Waals surface area contributed by atoms with Crippen LogP contribution in [-0.4, -0.2) is 0 Å². The third kappa shape index (κ3) is 2.49. The Morgan fingerprint density at radius 3 is 2.62 bits per heavy atom. The Labute approximate surface area is 83.1 Å². The fourth-order valence-corrected chi connectivity index (χ4v) is 1.26. The van der Waals surface area contributed by atoms with Crippen molar-refractivity contribution < 1.29 is 8.78 Å². The summed E-state index contributed by atoms with van der Waals surface area (Å²) in [5.74, 6) is -0.988. The monoisotopic (exact) mass is 245 g/mol. The number of rotatable bonds is 2. The van der Waals surface area contributed by atoms with Gasteiger partial charge in [-0.05, 0) is 40.0 Å². The molecule has 0 unspecified atom stereocenters. The molecule has 0 aliphatic rings. The molecule has 68 valence electrons. The Morgan fingerprint density at radius 2 is 2.00 bits per heavy atom. The van der Waals surface area contributed by atoms with Crippen LogP contribution in [0.25, 0.3) is 0 Å². The maximum absolute atomic E-state index is 13.0. The van der Waals surface area contributed by atoms with Gasteiger partial charge in [0.15, 0.2) is 0 Å². The minimum absolute atomic E-state index is 0.103. The summed E-state index contributed by atoms with van der Waals surface area (Å²) >= 11 is 2.87. The second kappa shape index (κ2) is 4.33. The topological polar surface area (TPSA) is 23.8 Å². The average Bonchev–Trinajstić information content (AvgIpc) is 2.09. The van der Waals surface area contributed by atoms with E-state index in [1.165, 1.54) is 0 Å². The molecular formula is C9H6BrF2N. The first-order chi connectivity index (χ1) is 6.15. The van der Waals surface area contributed by atoms with Crippen molar-refractivity contribution in [3.63, 3.8) is 0 Å². The second-order valence-corrected chi connectivity index (χ2v) is 3.37. The van der Waals surface area contributed by atoms with E-state index in [0.717, 1.165) is 12.1 Å². The molecule has 0 saturated heterocycles. The van der Waals surface area contributed by atoms with Crippen LogP contribution in [0.1, 0.15) is 12.0 Å². The molecule has 0 fully saturated rings. The number of halogens is 3. The molecule has 0 saturated carbocycles. The molecule has 0 amide bonds. The summed E-state index contributed by atoms with van der Waals surface area (Å²) in [4.78, 5) is 0. The summed E-state index contributed by atoms with van der Waals surface area (Å²) in [5, 5.41) is 8.27. The zero-order valence-corrected chi connectivity index (χ0v) is 8.24. The summed E-state index contributed by atoms with van der Waals surface area (Å²) in [7, 11) is 0. The fourth-order valence-electron chi connectivity index (χ4n) is 0.946. The van der Waals surface area contributed by atoms with Crippen LogP contribution in [0.3, 0.4) is 0 Å². The molecule has 1 rings (SSSR count). The Kier molecular flexibility index (Phi) is 3.38. The van der Waals surface area contributed by atoms with E-state index in [0.29, 0.717) is 0 Å². The normalized spacial score (nSPS) is 9.69. The number of benzene rings is 1. The minimum atomic E-state index is -0.505. The van der Waals surface area contributed by atoms with Gasteiger partial charge >= 0.3 is 0 Å². The molecular weight excluding hydrogens is 240 g/mol. The Morgan fingerprint density at radius 1 is 1.31 bits per heavy atom. The molecule has 1 nitrogen and oxygen atoms in total. The van der Waals surface area contributed by atoms with Crippen molar-refractivity contribution >= 4 is 15.9 Å². The van der Waals surface area contributed by atoms with Crippen LogP contribution in [-0.2, 0) is 6.42 Å². The lowest BCUT2D eigenvalue weighted by Crippen LogP contribution is -1.92. The largest absolute Gasteiger partial charge is 0.207 e. The summed E-state index contributed by atoms with van der Waals surface area (Å²) in [6.07, 6.45) is 0.435. The van der Waals surface area contributed by atoms with E-state index < -0.39 is 11.6 Å². The van der Waals surface area contributed by atoms with Crippen molar-refractivity contribution in [2.24, 2.45) is 0 Å². The van der Waals surface area contributed by atoms with E-state index in [-0.39, 0.29) is 22.9 Å². The van der Waals surface area contributed by atoms with Gasteiger partial charge in [-0.15, -0.1) is 0 Å². The molecule has 0 N–H and O–H groups in total. The summed E-state index contributed by atoms with van der Waals surface area (Å²) < 4.78 is 26.0. The first-order valence-corrected chi connectivity index (χ1v) is 4.45. The molecule has 1 aromatic rings. The first kappa shape index (κ1) is 10.1. The zero-order chi connectivity index (χ0) is 9.84. The van der Waals surface area contributed by atoms with Crippen molar-refractivity contribution in [3.05, 3.63) is 33.8 Å². The van der Waals surface area contributed by atoms with Crippen molar-refractivity contribution in [3.8, 4) is 6.07 Å². The molecule has 0 radical (unpaired) electrons. The molecule has 0 bridgehead atoms. The zero-order valence-electron chi connectivity index (χ0n) is 6.65. The van der Waals surface area contributed by atoms with Gasteiger partial charge in [-0.2, -0.15) is 5.26 Å². The van der Waals surface area contributed by atoms with Gasteiger partial charge in [0.2, 0.25) is 0 Å². The molecule has 1 aromatic carbocycles. The number of nitriles is 1. The van der Waals surface area contributed by atoms with Crippen LogP contribution in [0, 0.1) is 23.0 Å². The summed E-state index contributed by atoms with van der Waals surface area (Å²) in [5.41, 5.74) is 0.238. The lowest BCUT2D eigenvalue weighted by molar-refractivity contribution is 0.580. The van der Waals surface area contributed by atoms with E-state index in [1.54, 1.807) is 0 Å². The third-order valence-corrected chi connectivity index (χ3v) is 2.20. The van der Waals surface area contributed by atoms with E-state index >= 15 is 0 Å². The predicted octanol–water partition coefficient (Wildman–Crippen LogP) is 3.18. The average molecular weight is 246 g/mol. The molecule has 0 spiro atoms. The van der Waals surface area contributed by atoms with Gasteiger partial charge < -0.3 is 0 Å². The predicted molar refractivity (Wildman–Crippen MR) is 48.0 cm³/mol. The quantitative estimate of drug-likeness (QED) is 0.735. The number of hydrogen-bond donors (Lipinski definition) is 0. The Bertz CT molecular complexity index is 357. The van der Waals surface area contributed by atoms with Crippen molar-refractivity contribution in [2.45, 2.75) is 12.8 Å². The molecule has 0 aliphatic carbocycles. The smallest absolute Gasteiger partial charge is 0.137 e. The van der Waals surface area contributed by atoms with Gasteiger partial charge in [-0.25, -0.2) is 8.78 Å². The van der Waals surface area contributed by atoms with Gasteiger partial charge in [0.1, 0.15) is 11.6 Å². The standard InChI is InChI=1S/C9H6BrF2N/c10-7-5-8(11)6(2-1-3-13)4-9(7)12/h4-5H,1-2H2. The first-order valence-electron chi connectivity index (χ1n) is 3.65. The van der Waals surface area contributed by atoms with Gasteiger partial charge in [-0.1, -0.05) is 0 Å². The summed E-state index contributed by atoms with van der Waals surface area (Å²) in [6.45, 7) is 0. The van der Waals surface area contributed by atoms with Crippen LogP contribution >= 0.6 is 15.9 Å². The lowest BCUT2D eigenvalue weighted by atomic mass is 10.1. The van der Waals surface area contributed by atoms with Crippen LogP contribution in [0.5, 0.6) is 0 Å². The van der Waals surface area contributed by atoms with Gasteiger partial charge in [0.25, 0.3) is 0 Å². The third-order valence-electron chi connectivity index (χ3n) is 1.60. The lowest BCUT2D eigenvalue weighted by Gasteiger charge is -2.01. The number of hydrogen-bond acceptors (Lipinski definition) is 1.